The number of hydrazone groups is 1. The quantitative estimate of drug-likeness (QED) is 0.490. The van der Waals surface area contributed by atoms with Gasteiger partial charge in [0.15, 0.2) is 11.5 Å². The van der Waals surface area contributed by atoms with Crippen LogP contribution in [0.5, 0.6) is 11.5 Å². The van der Waals surface area contributed by atoms with Crippen LogP contribution in [-0.4, -0.2) is 19.9 Å². The largest absolute Gasteiger partial charge is 0.493 e. The van der Waals surface area contributed by atoms with Crippen molar-refractivity contribution in [3.8, 4) is 11.5 Å². The topological polar surface area (TPSA) is 42.8 Å². The molecule has 2 rings (SSSR count). The summed E-state index contributed by atoms with van der Waals surface area (Å²) in [4.78, 5) is 0. The van der Waals surface area contributed by atoms with Gasteiger partial charge < -0.3 is 14.9 Å². The number of rotatable bonds is 8. The van der Waals surface area contributed by atoms with Crippen LogP contribution < -0.4 is 14.9 Å². The Morgan fingerprint density at radius 1 is 1.29 bits per heavy atom. The third-order valence-electron chi connectivity index (χ3n) is 3.23. The Balaban J connectivity index is 2.04. The first-order valence-corrected chi connectivity index (χ1v) is 8.82. The first-order chi connectivity index (χ1) is 11.7. The summed E-state index contributed by atoms with van der Waals surface area (Å²) in [5.41, 5.74) is 4.89. The molecule has 0 saturated carbocycles. The Bertz CT molecular complexity index is 707. The van der Waals surface area contributed by atoms with Gasteiger partial charge >= 0.3 is 0 Å². The molecule has 0 radical (unpaired) electrons. The first-order valence-electron chi connectivity index (χ1n) is 7.65. The molecule has 0 heterocycles. The average molecular weight is 412 g/mol. The molecule has 0 aliphatic carbocycles. The van der Waals surface area contributed by atoms with Crippen LogP contribution in [0.2, 0.25) is 5.02 Å². The fourth-order valence-corrected chi connectivity index (χ4v) is 2.83. The van der Waals surface area contributed by atoms with Crippen LogP contribution in [0.3, 0.4) is 0 Å². The molecule has 128 valence electrons. The van der Waals surface area contributed by atoms with Crippen molar-refractivity contribution < 1.29 is 9.47 Å². The second kappa shape index (κ2) is 9.55. The standard InChI is InChI=1S/C18H20BrClN2O2/c1-3-8-24-18-15(19)9-13(10-17(18)23-2)11-21-22-12-14-6-4-5-7-16(14)20/h4-7,9-11,22H,3,8,12H2,1-2H3/b21-11-. The predicted octanol–water partition coefficient (Wildman–Crippen LogP) is 5.02. The molecule has 0 saturated heterocycles. The molecule has 0 aliphatic heterocycles. The van der Waals surface area contributed by atoms with E-state index in [0.717, 1.165) is 27.0 Å². The average Bonchev–Trinajstić information content (AvgIpc) is 2.58. The van der Waals surface area contributed by atoms with Crippen LogP contribution in [0.4, 0.5) is 0 Å². The minimum atomic E-state index is 0.562. The van der Waals surface area contributed by atoms with Crippen molar-refractivity contribution in [3.63, 3.8) is 0 Å². The van der Waals surface area contributed by atoms with Crippen LogP contribution in [-0.2, 0) is 6.54 Å². The van der Waals surface area contributed by atoms with E-state index in [4.69, 9.17) is 21.1 Å². The molecule has 0 fully saturated rings. The van der Waals surface area contributed by atoms with Crippen molar-refractivity contribution in [1.29, 1.82) is 0 Å². The third kappa shape index (κ3) is 5.14. The molecule has 0 amide bonds. The molecule has 0 bridgehead atoms. The Morgan fingerprint density at radius 3 is 2.79 bits per heavy atom. The van der Waals surface area contributed by atoms with Gasteiger partial charge in [0.2, 0.25) is 0 Å². The Hall–Kier alpha value is -1.72. The van der Waals surface area contributed by atoms with E-state index in [9.17, 15) is 0 Å². The molecule has 6 heteroatoms. The number of benzene rings is 2. The van der Waals surface area contributed by atoms with E-state index >= 15 is 0 Å². The normalized spacial score (nSPS) is 10.8. The Morgan fingerprint density at radius 2 is 2.08 bits per heavy atom. The van der Waals surface area contributed by atoms with Gasteiger partial charge in [0.25, 0.3) is 0 Å². The van der Waals surface area contributed by atoms with Gasteiger partial charge in [-0.05, 0) is 51.7 Å². The van der Waals surface area contributed by atoms with E-state index in [1.165, 1.54) is 0 Å². The summed E-state index contributed by atoms with van der Waals surface area (Å²) in [6.45, 7) is 3.26. The molecule has 0 spiro atoms. The number of nitrogens with one attached hydrogen (secondary N) is 1. The second-order valence-electron chi connectivity index (χ2n) is 5.07. The van der Waals surface area contributed by atoms with Crippen LogP contribution in [0.15, 0.2) is 46.0 Å². The van der Waals surface area contributed by atoms with Crippen molar-refractivity contribution >= 4 is 33.7 Å². The molecule has 0 atom stereocenters. The van der Waals surface area contributed by atoms with Gasteiger partial charge in [0.05, 0.1) is 30.9 Å². The van der Waals surface area contributed by atoms with Gasteiger partial charge in [-0.1, -0.05) is 36.7 Å². The van der Waals surface area contributed by atoms with Gasteiger partial charge in [-0.15, -0.1) is 0 Å². The molecule has 0 aliphatic rings. The van der Waals surface area contributed by atoms with Gasteiger partial charge in [0, 0.05) is 5.02 Å². The number of halogens is 2. The Labute approximate surface area is 155 Å². The monoisotopic (exact) mass is 410 g/mol. The second-order valence-corrected chi connectivity index (χ2v) is 6.33. The zero-order valence-corrected chi connectivity index (χ0v) is 16.0. The lowest BCUT2D eigenvalue weighted by molar-refractivity contribution is 0.292. The van der Waals surface area contributed by atoms with Crippen LogP contribution in [0, 0.1) is 0 Å². The van der Waals surface area contributed by atoms with Gasteiger partial charge in [-0.3, -0.25) is 0 Å². The maximum atomic E-state index is 6.11. The molecule has 24 heavy (non-hydrogen) atoms. The number of nitrogens with zero attached hydrogens (tertiary/aromatic N) is 1. The zero-order chi connectivity index (χ0) is 17.4. The van der Waals surface area contributed by atoms with Crippen molar-refractivity contribution in [2.24, 2.45) is 5.10 Å². The maximum Gasteiger partial charge on any atom is 0.175 e. The van der Waals surface area contributed by atoms with E-state index in [0.29, 0.717) is 24.7 Å². The van der Waals surface area contributed by atoms with E-state index in [1.54, 1.807) is 13.3 Å². The molecule has 1 N–H and O–H groups in total. The molecule has 0 unspecified atom stereocenters. The van der Waals surface area contributed by atoms with Gasteiger partial charge in [-0.25, -0.2) is 0 Å². The number of methoxy groups -OCH3 is 1. The zero-order valence-electron chi connectivity index (χ0n) is 13.7. The van der Waals surface area contributed by atoms with Crippen molar-refractivity contribution in [2.75, 3.05) is 13.7 Å². The lowest BCUT2D eigenvalue weighted by Crippen LogP contribution is -2.06. The van der Waals surface area contributed by atoms with Gasteiger partial charge in [-0.2, -0.15) is 5.10 Å². The highest BCUT2D eigenvalue weighted by Crippen LogP contribution is 2.36. The summed E-state index contributed by atoms with van der Waals surface area (Å²) in [6.07, 6.45) is 2.67. The highest BCUT2D eigenvalue weighted by molar-refractivity contribution is 9.10. The number of ether oxygens (including phenoxy) is 2. The van der Waals surface area contributed by atoms with Crippen LogP contribution >= 0.6 is 27.5 Å². The SMILES string of the molecule is CCCOc1c(Br)cc(/C=N\NCc2ccccc2Cl)cc1OC. The van der Waals surface area contributed by atoms with Gasteiger partial charge in [0.1, 0.15) is 0 Å². The fraction of sp³-hybridized carbons (Fsp3) is 0.278. The van der Waals surface area contributed by atoms with E-state index in [1.807, 2.05) is 36.4 Å². The lowest BCUT2D eigenvalue weighted by atomic mass is 10.2. The van der Waals surface area contributed by atoms with Crippen molar-refractivity contribution in [2.45, 2.75) is 19.9 Å². The highest BCUT2D eigenvalue weighted by Gasteiger charge is 2.10. The lowest BCUT2D eigenvalue weighted by Gasteiger charge is -2.12. The summed E-state index contributed by atoms with van der Waals surface area (Å²) in [6, 6.07) is 11.5. The number of hydrogen-bond donors (Lipinski definition) is 1. The molecule has 0 aromatic heterocycles. The third-order valence-corrected chi connectivity index (χ3v) is 4.19. The highest BCUT2D eigenvalue weighted by atomic mass is 79.9. The fourth-order valence-electron chi connectivity index (χ4n) is 2.05. The van der Waals surface area contributed by atoms with Crippen molar-refractivity contribution in [3.05, 3.63) is 57.0 Å². The minimum Gasteiger partial charge on any atom is -0.493 e. The summed E-state index contributed by atoms with van der Waals surface area (Å²) >= 11 is 9.63. The molecular formula is C18H20BrClN2O2. The van der Waals surface area contributed by atoms with E-state index < -0.39 is 0 Å². The summed E-state index contributed by atoms with van der Waals surface area (Å²) < 4.78 is 11.9. The smallest absolute Gasteiger partial charge is 0.175 e. The minimum absolute atomic E-state index is 0.562. The molecule has 4 nitrogen and oxygen atoms in total. The van der Waals surface area contributed by atoms with Crippen LogP contribution in [0.1, 0.15) is 24.5 Å². The molecular weight excluding hydrogens is 392 g/mol. The molecule has 2 aromatic carbocycles. The van der Waals surface area contributed by atoms with E-state index in [2.05, 4.69) is 33.4 Å². The maximum absolute atomic E-state index is 6.11. The summed E-state index contributed by atoms with van der Waals surface area (Å²) in [5.74, 6) is 1.38. The molecule has 2 aromatic rings. The van der Waals surface area contributed by atoms with Crippen LogP contribution in [0.25, 0.3) is 0 Å². The summed E-state index contributed by atoms with van der Waals surface area (Å²) in [7, 11) is 1.62. The van der Waals surface area contributed by atoms with E-state index in [-0.39, 0.29) is 0 Å². The summed E-state index contributed by atoms with van der Waals surface area (Å²) in [5, 5.41) is 4.96. The first kappa shape index (κ1) is 18.6. The Kier molecular flexibility index (Phi) is 7.40. The predicted molar refractivity (Wildman–Crippen MR) is 102 cm³/mol. The van der Waals surface area contributed by atoms with Crippen molar-refractivity contribution in [1.82, 2.24) is 5.43 Å². The number of hydrogen-bond acceptors (Lipinski definition) is 4.